The van der Waals surface area contributed by atoms with Crippen molar-refractivity contribution in [2.24, 2.45) is 23.1 Å². The van der Waals surface area contributed by atoms with Crippen LogP contribution in [0.5, 0.6) is 5.75 Å². The highest BCUT2D eigenvalue weighted by atomic mass is 35.5. The lowest BCUT2D eigenvalue weighted by Gasteiger charge is -2.31. The molecule has 0 aliphatic carbocycles. The van der Waals surface area contributed by atoms with Crippen LogP contribution in [0.2, 0.25) is 10.0 Å². The third kappa shape index (κ3) is 5.54. The van der Waals surface area contributed by atoms with Gasteiger partial charge in [0, 0.05) is 40.9 Å². The molecule has 3 rings (SSSR count). The molecule has 1 aromatic heterocycles. The highest BCUT2D eigenvalue weighted by molar-refractivity contribution is 6.34. The van der Waals surface area contributed by atoms with Gasteiger partial charge in [-0.1, -0.05) is 43.1 Å². The number of halogens is 3. The van der Waals surface area contributed by atoms with Gasteiger partial charge >= 0.3 is 0 Å². The highest BCUT2D eigenvalue weighted by Crippen LogP contribution is 2.36. The molecule has 184 valence electrons. The van der Waals surface area contributed by atoms with E-state index in [0.717, 1.165) is 11.0 Å². The summed E-state index contributed by atoms with van der Waals surface area (Å²) in [5, 5.41) is 0.249. The number of carbonyl (C=O) groups excluding carboxylic acids is 2. The van der Waals surface area contributed by atoms with Crippen molar-refractivity contribution in [3.05, 3.63) is 75.7 Å². The van der Waals surface area contributed by atoms with Crippen LogP contribution in [-0.4, -0.2) is 29.7 Å². The molecule has 1 heterocycles. The predicted molar refractivity (Wildman–Crippen MR) is 134 cm³/mol. The molecule has 0 saturated heterocycles. The van der Waals surface area contributed by atoms with E-state index in [0.29, 0.717) is 16.1 Å². The number of carbonyl (C=O) groups is 2. The molecule has 0 spiro atoms. The van der Waals surface area contributed by atoms with E-state index in [4.69, 9.17) is 45.1 Å². The van der Waals surface area contributed by atoms with Crippen molar-refractivity contribution in [2.75, 3.05) is 11.9 Å². The van der Waals surface area contributed by atoms with E-state index >= 15 is 0 Å². The molecule has 8 nitrogen and oxygen atoms in total. The Bertz CT molecular complexity index is 1280. The number of pyridine rings is 1. The Morgan fingerprint density at radius 2 is 1.80 bits per heavy atom. The number of hydrogen-bond acceptors (Lipinski definition) is 6. The predicted octanol–water partition coefficient (Wildman–Crippen LogP) is 4.18. The maximum atomic E-state index is 14.4. The molecular formula is C24H24Cl2FN5O3. The Kier molecular flexibility index (Phi) is 7.66. The molecule has 6 N–H and O–H groups in total. The Balaban J connectivity index is 2.16. The van der Waals surface area contributed by atoms with Crippen LogP contribution in [-0.2, 0) is 0 Å². The molecular weight excluding hydrogens is 496 g/mol. The van der Waals surface area contributed by atoms with Crippen LogP contribution in [0.25, 0.3) is 11.1 Å². The molecule has 0 fully saturated rings. The number of aromatic nitrogens is 1. The summed E-state index contributed by atoms with van der Waals surface area (Å²) in [6, 6.07) is 9.93. The van der Waals surface area contributed by atoms with Crippen LogP contribution >= 0.6 is 23.2 Å². The van der Waals surface area contributed by atoms with Gasteiger partial charge in [0.1, 0.15) is 5.82 Å². The zero-order valence-electron chi connectivity index (χ0n) is 19.2. The lowest BCUT2D eigenvalue weighted by molar-refractivity contribution is 0.0346. The molecule has 0 saturated carbocycles. The number of amides is 2. The second kappa shape index (κ2) is 10.2. The summed E-state index contributed by atoms with van der Waals surface area (Å²) in [6.07, 6.45) is 1.41. The van der Waals surface area contributed by atoms with Gasteiger partial charge < -0.3 is 10.5 Å². The summed E-state index contributed by atoms with van der Waals surface area (Å²) in [5.74, 6) is -4.17. The van der Waals surface area contributed by atoms with Crippen LogP contribution < -0.4 is 26.8 Å². The van der Waals surface area contributed by atoms with E-state index in [1.807, 2.05) is 0 Å². The van der Waals surface area contributed by atoms with E-state index < -0.39 is 23.5 Å². The Labute approximate surface area is 211 Å². The monoisotopic (exact) mass is 519 g/mol. The number of ether oxygens (including phenoxy) is 1. The maximum Gasteiger partial charge on any atom is 0.263 e. The summed E-state index contributed by atoms with van der Waals surface area (Å²) in [7, 11) is 1.38. The number of primary amides is 1. The van der Waals surface area contributed by atoms with Gasteiger partial charge in [-0.15, -0.1) is 0 Å². The zero-order chi connectivity index (χ0) is 26.1. The van der Waals surface area contributed by atoms with Crippen molar-refractivity contribution in [3.8, 4) is 16.9 Å². The molecule has 2 aromatic carbocycles. The SMILES string of the molecule is CC(C)C(N)(N)Oc1cc(-c2cc(C(N)=O)ccc2Cl)cnc1N(C)C(=O)c1c(F)cccc1Cl. The summed E-state index contributed by atoms with van der Waals surface area (Å²) in [6.45, 7) is 3.50. The van der Waals surface area contributed by atoms with E-state index in [9.17, 15) is 14.0 Å². The van der Waals surface area contributed by atoms with Crippen LogP contribution in [0.3, 0.4) is 0 Å². The fourth-order valence-electron chi connectivity index (χ4n) is 3.09. The molecule has 0 aliphatic heterocycles. The van der Waals surface area contributed by atoms with Gasteiger partial charge in [0.15, 0.2) is 11.6 Å². The van der Waals surface area contributed by atoms with E-state index in [2.05, 4.69) is 4.98 Å². The average molecular weight is 520 g/mol. The summed E-state index contributed by atoms with van der Waals surface area (Å²) >= 11 is 12.4. The molecule has 0 unspecified atom stereocenters. The van der Waals surface area contributed by atoms with Crippen molar-refractivity contribution < 1.29 is 18.7 Å². The Morgan fingerprint density at radius 3 is 2.40 bits per heavy atom. The van der Waals surface area contributed by atoms with Crippen LogP contribution in [0.15, 0.2) is 48.7 Å². The van der Waals surface area contributed by atoms with Crippen molar-refractivity contribution >= 4 is 40.8 Å². The number of rotatable bonds is 7. The lowest BCUT2D eigenvalue weighted by Crippen LogP contribution is -2.59. The lowest BCUT2D eigenvalue weighted by atomic mass is 10.0. The molecule has 0 radical (unpaired) electrons. The third-order valence-corrected chi connectivity index (χ3v) is 6.03. The average Bonchev–Trinajstić information content (AvgIpc) is 2.78. The minimum atomic E-state index is -1.65. The topological polar surface area (TPSA) is 138 Å². The van der Waals surface area contributed by atoms with Gasteiger partial charge in [-0.3, -0.25) is 26.0 Å². The van der Waals surface area contributed by atoms with E-state index in [-0.39, 0.29) is 33.6 Å². The molecule has 11 heteroatoms. The summed E-state index contributed by atoms with van der Waals surface area (Å²) in [5.41, 5.74) is 18.4. The third-order valence-electron chi connectivity index (χ3n) is 5.38. The first-order valence-electron chi connectivity index (χ1n) is 10.4. The highest BCUT2D eigenvalue weighted by Gasteiger charge is 2.30. The number of hydrogen-bond donors (Lipinski definition) is 3. The fourth-order valence-corrected chi connectivity index (χ4v) is 3.56. The van der Waals surface area contributed by atoms with Gasteiger partial charge in [0.2, 0.25) is 11.8 Å². The van der Waals surface area contributed by atoms with E-state index in [1.165, 1.54) is 49.6 Å². The number of anilines is 1. The van der Waals surface area contributed by atoms with Gasteiger partial charge in [0.05, 0.1) is 10.6 Å². The largest absolute Gasteiger partial charge is 0.456 e. The van der Waals surface area contributed by atoms with Crippen molar-refractivity contribution in [2.45, 2.75) is 19.7 Å². The molecule has 0 bridgehead atoms. The second-order valence-corrected chi connectivity index (χ2v) is 8.99. The second-order valence-electron chi connectivity index (χ2n) is 8.18. The molecule has 2 amide bonds. The quantitative estimate of drug-likeness (QED) is 0.400. The normalized spacial score (nSPS) is 11.5. The van der Waals surface area contributed by atoms with Crippen LogP contribution in [0, 0.1) is 11.7 Å². The van der Waals surface area contributed by atoms with Crippen molar-refractivity contribution in [1.29, 1.82) is 0 Å². The maximum absolute atomic E-state index is 14.4. The smallest absolute Gasteiger partial charge is 0.263 e. The van der Waals surface area contributed by atoms with Gasteiger partial charge in [-0.2, -0.15) is 0 Å². The molecule has 35 heavy (non-hydrogen) atoms. The minimum absolute atomic E-state index is 0.00109. The number of benzene rings is 2. The number of nitrogens with zero attached hydrogens (tertiary/aromatic N) is 2. The number of nitrogens with two attached hydrogens (primary N) is 3. The first-order valence-corrected chi connectivity index (χ1v) is 11.2. The first kappa shape index (κ1) is 26.4. The van der Waals surface area contributed by atoms with Crippen molar-refractivity contribution in [3.63, 3.8) is 0 Å². The van der Waals surface area contributed by atoms with Crippen LogP contribution in [0.1, 0.15) is 34.6 Å². The first-order chi connectivity index (χ1) is 16.3. The van der Waals surface area contributed by atoms with Crippen LogP contribution in [0.4, 0.5) is 10.2 Å². The molecule has 3 aromatic rings. The molecule has 0 aliphatic rings. The Hall–Kier alpha value is -3.24. The zero-order valence-corrected chi connectivity index (χ0v) is 20.7. The van der Waals surface area contributed by atoms with Gasteiger partial charge in [-0.05, 0) is 36.4 Å². The van der Waals surface area contributed by atoms with E-state index in [1.54, 1.807) is 13.8 Å². The summed E-state index contributed by atoms with van der Waals surface area (Å²) < 4.78 is 20.3. The summed E-state index contributed by atoms with van der Waals surface area (Å²) in [4.78, 5) is 30.2. The Morgan fingerprint density at radius 1 is 1.11 bits per heavy atom. The van der Waals surface area contributed by atoms with Crippen molar-refractivity contribution in [1.82, 2.24) is 4.98 Å². The molecule has 0 atom stereocenters. The minimum Gasteiger partial charge on any atom is -0.456 e. The van der Waals surface area contributed by atoms with Gasteiger partial charge in [0.25, 0.3) is 5.91 Å². The standard InChI is InChI=1S/C24H24Cl2FN5O3/c1-12(2)24(29,30)35-19-10-14(15-9-13(21(28)33)7-8-16(15)25)11-31-22(19)32(3)23(34)20-17(26)5-4-6-18(20)27/h4-12H,29-30H2,1-3H3,(H2,28,33). The van der Waals surface area contributed by atoms with Gasteiger partial charge in [-0.25, -0.2) is 9.37 Å². The fraction of sp³-hybridized carbons (Fsp3) is 0.208.